The summed E-state index contributed by atoms with van der Waals surface area (Å²) >= 11 is 7.91. The summed E-state index contributed by atoms with van der Waals surface area (Å²) in [4.78, 5) is 36.1. The lowest BCUT2D eigenvalue weighted by Gasteiger charge is -2.14. The van der Waals surface area contributed by atoms with Gasteiger partial charge in [-0.05, 0) is 91.7 Å². The summed E-state index contributed by atoms with van der Waals surface area (Å²) in [5.41, 5.74) is 3.39. The Morgan fingerprint density at radius 2 is 1.84 bits per heavy atom. The molecular formula is C25H30ClIN4O6. The van der Waals surface area contributed by atoms with Gasteiger partial charge in [0, 0.05) is 23.9 Å². The van der Waals surface area contributed by atoms with Crippen LogP contribution in [0, 0.1) is 3.57 Å². The molecule has 0 aliphatic carbocycles. The minimum atomic E-state index is -0.882. The number of benzene rings is 2. The minimum absolute atomic E-state index is 0.111. The van der Waals surface area contributed by atoms with Crippen LogP contribution in [0.15, 0.2) is 41.5 Å². The van der Waals surface area contributed by atoms with Crippen LogP contribution in [0.4, 0.5) is 5.69 Å². The van der Waals surface area contributed by atoms with E-state index in [0.717, 1.165) is 0 Å². The first-order chi connectivity index (χ1) is 17.7. The Labute approximate surface area is 234 Å². The van der Waals surface area contributed by atoms with Crippen molar-refractivity contribution < 1.29 is 28.6 Å². The van der Waals surface area contributed by atoms with E-state index in [-0.39, 0.29) is 18.6 Å². The van der Waals surface area contributed by atoms with Gasteiger partial charge in [0.15, 0.2) is 18.1 Å². The summed E-state index contributed by atoms with van der Waals surface area (Å²) < 4.78 is 17.4. The molecule has 0 saturated carbocycles. The monoisotopic (exact) mass is 644 g/mol. The van der Waals surface area contributed by atoms with Crippen molar-refractivity contribution in [3.05, 3.63) is 50.6 Å². The van der Waals surface area contributed by atoms with Gasteiger partial charge in [-0.15, -0.1) is 0 Å². The van der Waals surface area contributed by atoms with Crippen LogP contribution >= 0.6 is 34.2 Å². The standard InChI is InChI=1S/C25H30ClIN4O6/c1-4-35-21-13-17(14-29-31-25(34)24(33)28-10-5-11-36-16(2)3)12-20(27)23(21)37-15-22(32)30-19-8-6-18(26)7-9-19/h6-9,12-14,16H,4-5,10-11,15H2,1-3H3,(H,28,33)(H,30,32)(H,31,34)/b29-14-. The number of rotatable bonds is 13. The Balaban J connectivity index is 1.92. The molecule has 37 heavy (non-hydrogen) atoms. The van der Waals surface area contributed by atoms with Gasteiger partial charge in [-0.1, -0.05) is 11.6 Å². The largest absolute Gasteiger partial charge is 0.490 e. The van der Waals surface area contributed by atoms with Gasteiger partial charge in [0.05, 0.1) is 22.5 Å². The maximum absolute atomic E-state index is 12.3. The molecule has 0 aliphatic heterocycles. The highest BCUT2D eigenvalue weighted by atomic mass is 127. The molecule has 2 aromatic carbocycles. The zero-order chi connectivity index (χ0) is 27.2. The predicted molar refractivity (Wildman–Crippen MR) is 150 cm³/mol. The molecule has 12 heteroatoms. The normalized spacial score (nSPS) is 10.9. The second kappa shape index (κ2) is 16.0. The quantitative estimate of drug-likeness (QED) is 0.100. The molecule has 2 rings (SSSR count). The van der Waals surface area contributed by atoms with Crippen molar-refractivity contribution in [3.63, 3.8) is 0 Å². The van der Waals surface area contributed by atoms with E-state index in [0.29, 0.717) is 57.5 Å². The lowest BCUT2D eigenvalue weighted by Crippen LogP contribution is -2.38. The van der Waals surface area contributed by atoms with Crippen LogP contribution in [0.25, 0.3) is 0 Å². The van der Waals surface area contributed by atoms with Gasteiger partial charge in [-0.25, -0.2) is 5.43 Å². The molecule has 0 saturated heterocycles. The third kappa shape index (κ3) is 11.4. The molecule has 2 aromatic rings. The number of nitrogens with one attached hydrogen (secondary N) is 3. The van der Waals surface area contributed by atoms with E-state index in [9.17, 15) is 14.4 Å². The molecule has 0 heterocycles. The van der Waals surface area contributed by atoms with E-state index in [1.54, 1.807) is 36.4 Å². The average Bonchev–Trinajstić information content (AvgIpc) is 2.84. The van der Waals surface area contributed by atoms with Gasteiger partial charge in [-0.2, -0.15) is 5.10 Å². The van der Waals surface area contributed by atoms with Crippen molar-refractivity contribution in [1.29, 1.82) is 0 Å². The molecule has 0 spiro atoms. The van der Waals surface area contributed by atoms with Crippen molar-refractivity contribution >= 4 is 63.8 Å². The number of ether oxygens (including phenoxy) is 3. The number of carbonyl (C=O) groups excluding carboxylic acids is 3. The molecule has 0 radical (unpaired) electrons. The average molecular weight is 645 g/mol. The van der Waals surface area contributed by atoms with Crippen LogP contribution in [0.5, 0.6) is 11.5 Å². The molecule has 0 atom stereocenters. The molecule has 200 valence electrons. The SMILES string of the molecule is CCOc1cc(/C=N\NC(=O)C(=O)NCCCOC(C)C)cc(I)c1OCC(=O)Nc1ccc(Cl)cc1. The summed E-state index contributed by atoms with van der Waals surface area (Å²) in [6.45, 7) is 6.60. The highest BCUT2D eigenvalue weighted by molar-refractivity contribution is 14.1. The van der Waals surface area contributed by atoms with E-state index >= 15 is 0 Å². The Morgan fingerprint density at radius 1 is 1.11 bits per heavy atom. The second-order valence-electron chi connectivity index (χ2n) is 7.83. The summed E-state index contributed by atoms with van der Waals surface area (Å²) in [5.74, 6) is -1.21. The highest BCUT2D eigenvalue weighted by Gasteiger charge is 2.15. The van der Waals surface area contributed by atoms with Gasteiger partial charge >= 0.3 is 11.8 Å². The lowest BCUT2D eigenvalue weighted by atomic mass is 10.2. The maximum Gasteiger partial charge on any atom is 0.329 e. The molecule has 0 unspecified atom stereocenters. The summed E-state index contributed by atoms with van der Waals surface area (Å²) in [6, 6.07) is 10.1. The van der Waals surface area contributed by atoms with Gasteiger partial charge in [0.1, 0.15) is 0 Å². The Bertz CT molecular complexity index is 1100. The topological polar surface area (TPSA) is 127 Å². The molecule has 3 N–H and O–H groups in total. The fourth-order valence-electron chi connectivity index (χ4n) is 2.82. The molecule has 0 bridgehead atoms. The first kappa shape index (κ1) is 30.3. The Morgan fingerprint density at radius 3 is 2.51 bits per heavy atom. The number of hydrogen-bond acceptors (Lipinski definition) is 7. The number of nitrogens with zero attached hydrogens (tertiary/aromatic N) is 1. The number of anilines is 1. The Kier molecular flexibility index (Phi) is 13.2. The van der Waals surface area contributed by atoms with Gasteiger partial charge < -0.3 is 24.8 Å². The second-order valence-corrected chi connectivity index (χ2v) is 9.43. The van der Waals surface area contributed by atoms with Crippen molar-refractivity contribution in [2.24, 2.45) is 5.10 Å². The third-order valence-electron chi connectivity index (χ3n) is 4.45. The van der Waals surface area contributed by atoms with E-state index in [1.165, 1.54) is 6.21 Å². The number of carbonyl (C=O) groups is 3. The third-order valence-corrected chi connectivity index (χ3v) is 5.50. The fourth-order valence-corrected chi connectivity index (χ4v) is 3.73. The van der Waals surface area contributed by atoms with E-state index in [1.807, 2.05) is 20.8 Å². The molecule has 0 fully saturated rings. The fraction of sp³-hybridized carbons (Fsp3) is 0.360. The van der Waals surface area contributed by atoms with Crippen LogP contribution < -0.4 is 25.5 Å². The summed E-state index contributed by atoms with van der Waals surface area (Å²) in [7, 11) is 0. The van der Waals surface area contributed by atoms with Crippen LogP contribution in [0.2, 0.25) is 5.02 Å². The van der Waals surface area contributed by atoms with E-state index < -0.39 is 11.8 Å². The van der Waals surface area contributed by atoms with Crippen molar-refractivity contribution in [3.8, 4) is 11.5 Å². The van der Waals surface area contributed by atoms with Gasteiger partial charge in [-0.3, -0.25) is 14.4 Å². The van der Waals surface area contributed by atoms with E-state index in [4.69, 9.17) is 25.8 Å². The molecule has 0 aromatic heterocycles. The minimum Gasteiger partial charge on any atom is -0.490 e. The van der Waals surface area contributed by atoms with Crippen LogP contribution in [0.1, 0.15) is 32.8 Å². The van der Waals surface area contributed by atoms with Gasteiger partial charge in [0.25, 0.3) is 5.91 Å². The van der Waals surface area contributed by atoms with Crippen molar-refractivity contribution in [2.45, 2.75) is 33.3 Å². The first-order valence-electron chi connectivity index (χ1n) is 11.6. The molecule has 3 amide bonds. The van der Waals surface area contributed by atoms with Crippen LogP contribution in [-0.4, -0.2) is 56.4 Å². The van der Waals surface area contributed by atoms with E-state index in [2.05, 4.69) is 43.8 Å². The zero-order valence-electron chi connectivity index (χ0n) is 20.8. The molecular weight excluding hydrogens is 615 g/mol. The first-order valence-corrected chi connectivity index (χ1v) is 13.0. The summed E-state index contributed by atoms with van der Waals surface area (Å²) in [6.07, 6.45) is 2.08. The Hall–Kier alpha value is -2.90. The summed E-state index contributed by atoms with van der Waals surface area (Å²) in [5, 5.41) is 9.65. The molecule has 10 nitrogen and oxygen atoms in total. The number of amides is 3. The number of hydrogen-bond donors (Lipinski definition) is 3. The lowest BCUT2D eigenvalue weighted by molar-refractivity contribution is -0.139. The number of hydrazone groups is 1. The smallest absolute Gasteiger partial charge is 0.329 e. The van der Waals surface area contributed by atoms with Crippen molar-refractivity contribution in [1.82, 2.24) is 10.7 Å². The predicted octanol–water partition coefficient (Wildman–Crippen LogP) is 3.74. The van der Waals surface area contributed by atoms with Gasteiger partial charge in [0.2, 0.25) is 0 Å². The number of halogens is 2. The maximum atomic E-state index is 12.3. The molecule has 0 aliphatic rings. The zero-order valence-corrected chi connectivity index (χ0v) is 23.7. The van der Waals surface area contributed by atoms with Crippen molar-refractivity contribution in [2.75, 3.05) is 31.7 Å². The van der Waals surface area contributed by atoms with Crippen LogP contribution in [0.3, 0.4) is 0 Å². The van der Waals surface area contributed by atoms with Crippen LogP contribution in [-0.2, 0) is 19.1 Å². The highest BCUT2D eigenvalue weighted by Crippen LogP contribution is 2.34.